The van der Waals surface area contributed by atoms with Crippen LogP contribution in [0.3, 0.4) is 0 Å². The van der Waals surface area contributed by atoms with Crippen LogP contribution in [-0.2, 0) is 0 Å². The number of aryl methyl sites for hydroxylation is 1. The zero-order valence-electron chi connectivity index (χ0n) is 11.8. The Kier molecular flexibility index (Phi) is 4.56. The second-order valence-corrected chi connectivity index (χ2v) is 5.02. The molecule has 2 aromatic carbocycles. The molecule has 0 bridgehead atoms. The van der Waals surface area contributed by atoms with Gasteiger partial charge in [-0.3, -0.25) is 25.0 Å². The molecule has 8 nitrogen and oxygen atoms in total. The van der Waals surface area contributed by atoms with E-state index >= 15 is 0 Å². The first kappa shape index (κ1) is 16.4. The van der Waals surface area contributed by atoms with E-state index in [9.17, 15) is 25.0 Å². The Bertz CT molecular complexity index is 787. The minimum Gasteiger partial charge on any atom is -0.344 e. The van der Waals surface area contributed by atoms with Crippen LogP contribution in [0.4, 0.5) is 22.7 Å². The number of hydrogen-bond acceptors (Lipinski definition) is 6. The molecule has 9 heteroatoms. The van der Waals surface area contributed by atoms with Gasteiger partial charge in [-0.25, -0.2) is 0 Å². The van der Waals surface area contributed by atoms with E-state index < -0.39 is 26.5 Å². The highest BCUT2D eigenvalue weighted by Crippen LogP contribution is 2.38. The summed E-state index contributed by atoms with van der Waals surface area (Å²) in [5, 5.41) is 24.1. The van der Waals surface area contributed by atoms with Gasteiger partial charge < -0.3 is 5.32 Å². The number of anilines is 2. The summed E-state index contributed by atoms with van der Waals surface area (Å²) >= 11 is 5.29. The van der Waals surface area contributed by atoms with Crippen LogP contribution >= 0.6 is 11.6 Å². The van der Waals surface area contributed by atoms with E-state index in [2.05, 4.69) is 5.32 Å². The second-order valence-electron chi connectivity index (χ2n) is 4.67. The number of carbonyl (C=O) groups excluding carboxylic acids is 1. The molecule has 0 aliphatic carbocycles. The van der Waals surface area contributed by atoms with Gasteiger partial charge in [-0.2, -0.15) is 0 Å². The van der Waals surface area contributed by atoms with Gasteiger partial charge in [0, 0.05) is 23.4 Å². The fraction of sp³-hybridized carbons (Fsp3) is 0.0714. The van der Waals surface area contributed by atoms with Crippen molar-refractivity contribution >= 4 is 39.6 Å². The Balaban J connectivity index is 2.66. The Hall–Kier alpha value is -3.00. The molecule has 0 heterocycles. The topological polar surface area (TPSA) is 115 Å². The summed E-state index contributed by atoms with van der Waals surface area (Å²) in [6, 6.07) is 8.60. The van der Waals surface area contributed by atoms with Gasteiger partial charge in [-0.1, -0.05) is 12.1 Å². The van der Waals surface area contributed by atoms with Crippen LogP contribution in [0.25, 0.3) is 0 Å². The number of carbonyl (C=O) groups is 1. The van der Waals surface area contributed by atoms with Crippen LogP contribution in [-0.4, -0.2) is 15.1 Å². The molecule has 0 unspecified atom stereocenters. The molecule has 0 amide bonds. The lowest BCUT2D eigenvalue weighted by molar-refractivity contribution is -0.392. The number of benzene rings is 2. The molecule has 23 heavy (non-hydrogen) atoms. The Morgan fingerprint density at radius 2 is 1.65 bits per heavy atom. The van der Waals surface area contributed by atoms with E-state index in [1.165, 1.54) is 0 Å². The molecular weight excluding hydrogens is 326 g/mol. The fourth-order valence-electron chi connectivity index (χ4n) is 2.01. The van der Waals surface area contributed by atoms with Crippen LogP contribution in [0.2, 0.25) is 0 Å². The summed E-state index contributed by atoms with van der Waals surface area (Å²) in [5.74, 6) is 0. The molecule has 0 fully saturated rings. The van der Waals surface area contributed by atoms with Crippen LogP contribution in [0.15, 0.2) is 36.4 Å². The number of nitrogens with one attached hydrogen (secondary N) is 1. The average molecular weight is 336 g/mol. The van der Waals surface area contributed by atoms with E-state index in [1.807, 2.05) is 13.0 Å². The second kappa shape index (κ2) is 6.41. The first-order valence-electron chi connectivity index (χ1n) is 6.30. The third kappa shape index (κ3) is 3.61. The van der Waals surface area contributed by atoms with Crippen LogP contribution < -0.4 is 5.32 Å². The number of nitro groups is 2. The summed E-state index contributed by atoms with van der Waals surface area (Å²) in [7, 11) is 0. The molecule has 118 valence electrons. The van der Waals surface area contributed by atoms with Crippen molar-refractivity contribution in [2.75, 3.05) is 5.32 Å². The lowest BCUT2D eigenvalue weighted by atomic mass is 10.1. The summed E-state index contributed by atoms with van der Waals surface area (Å²) in [6.07, 6.45) is 0. The van der Waals surface area contributed by atoms with Crippen molar-refractivity contribution in [3.8, 4) is 0 Å². The smallest absolute Gasteiger partial charge is 0.300 e. The maximum absolute atomic E-state index is 11.2. The largest absolute Gasteiger partial charge is 0.344 e. The van der Waals surface area contributed by atoms with Gasteiger partial charge in [0.2, 0.25) is 0 Å². The third-order valence-electron chi connectivity index (χ3n) is 3.00. The van der Waals surface area contributed by atoms with Gasteiger partial charge in [0.15, 0.2) is 5.69 Å². The molecule has 0 saturated carbocycles. The predicted octanol–water partition coefficient (Wildman–Crippen LogP) is 3.93. The van der Waals surface area contributed by atoms with Gasteiger partial charge in [0.05, 0.1) is 9.85 Å². The molecule has 0 aromatic heterocycles. The monoisotopic (exact) mass is 335 g/mol. The maximum atomic E-state index is 11.2. The van der Waals surface area contributed by atoms with Crippen molar-refractivity contribution in [1.82, 2.24) is 0 Å². The molecule has 0 aliphatic rings. The van der Waals surface area contributed by atoms with Crippen LogP contribution in [0, 0.1) is 27.2 Å². The third-order valence-corrected chi connectivity index (χ3v) is 3.22. The van der Waals surface area contributed by atoms with Crippen LogP contribution in [0.5, 0.6) is 0 Å². The van der Waals surface area contributed by atoms with Gasteiger partial charge >= 0.3 is 11.4 Å². The van der Waals surface area contributed by atoms with Crippen molar-refractivity contribution in [3.63, 3.8) is 0 Å². The summed E-state index contributed by atoms with van der Waals surface area (Å²) in [6.45, 7) is 1.81. The van der Waals surface area contributed by atoms with Gasteiger partial charge in [0.25, 0.3) is 5.24 Å². The molecule has 0 atom stereocenters. The fourth-order valence-corrected chi connectivity index (χ4v) is 2.12. The highest BCUT2D eigenvalue weighted by Gasteiger charge is 2.28. The Morgan fingerprint density at radius 1 is 1.09 bits per heavy atom. The van der Waals surface area contributed by atoms with Crippen LogP contribution in [0.1, 0.15) is 15.9 Å². The minimum atomic E-state index is -1.02. The summed E-state index contributed by atoms with van der Waals surface area (Å²) in [5.41, 5.74) is -0.532. The van der Waals surface area contributed by atoms with Gasteiger partial charge in [-0.05, 0) is 36.2 Å². The molecular formula is C14H10ClN3O5. The molecule has 0 spiro atoms. The van der Waals surface area contributed by atoms with E-state index in [4.69, 9.17) is 11.6 Å². The van der Waals surface area contributed by atoms with E-state index in [-0.39, 0.29) is 11.3 Å². The van der Waals surface area contributed by atoms with Crippen molar-refractivity contribution in [1.29, 1.82) is 0 Å². The SMILES string of the molecule is Cc1cccc(Nc2c([N+](=O)[O-])cc(C(=O)Cl)cc2[N+](=O)[O-])c1. The predicted molar refractivity (Wildman–Crippen MR) is 84.4 cm³/mol. The first-order chi connectivity index (χ1) is 10.8. The molecule has 1 N–H and O–H groups in total. The quantitative estimate of drug-likeness (QED) is 0.502. The molecule has 2 rings (SSSR count). The summed E-state index contributed by atoms with van der Waals surface area (Å²) in [4.78, 5) is 32.0. The number of nitrogens with zero attached hydrogens (tertiary/aromatic N) is 2. The highest BCUT2D eigenvalue weighted by molar-refractivity contribution is 6.67. The lowest BCUT2D eigenvalue weighted by Crippen LogP contribution is -2.04. The van der Waals surface area contributed by atoms with E-state index in [1.54, 1.807) is 18.2 Å². The van der Waals surface area contributed by atoms with Gasteiger partial charge in [-0.15, -0.1) is 0 Å². The number of rotatable bonds is 5. The maximum Gasteiger partial charge on any atom is 0.300 e. The zero-order chi connectivity index (χ0) is 17.1. The zero-order valence-corrected chi connectivity index (χ0v) is 12.5. The highest BCUT2D eigenvalue weighted by atomic mass is 35.5. The number of nitro benzene ring substituents is 2. The number of halogens is 1. The minimum absolute atomic E-state index is 0.313. The Labute approximate surface area is 135 Å². The van der Waals surface area contributed by atoms with E-state index in [0.717, 1.165) is 17.7 Å². The number of hydrogen-bond donors (Lipinski definition) is 1. The average Bonchev–Trinajstić information content (AvgIpc) is 2.46. The molecule has 0 saturated heterocycles. The van der Waals surface area contributed by atoms with Crippen molar-refractivity contribution in [2.24, 2.45) is 0 Å². The Morgan fingerprint density at radius 3 is 2.09 bits per heavy atom. The standard InChI is InChI=1S/C14H10ClN3O5/c1-8-3-2-4-10(5-8)16-13-11(17(20)21)6-9(14(15)19)7-12(13)18(22)23/h2-7,16H,1H3. The van der Waals surface area contributed by atoms with Crippen molar-refractivity contribution in [2.45, 2.75) is 6.92 Å². The molecule has 0 aliphatic heterocycles. The first-order valence-corrected chi connectivity index (χ1v) is 6.67. The van der Waals surface area contributed by atoms with Crippen molar-refractivity contribution < 1.29 is 14.6 Å². The molecule has 2 aromatic rings. The van der Waals surface area contributed by atoms with E-state index in [0.29, 0.717) is 5.69 Å². The lowest BCUT2D eigenvalue weighted by Gasteiger charge is -2.09. The normalized spacial score (nSPS) is 10.2. The van der Waals surface area contributed by atoms with Gasteiger partial charge in [0.1, 0.15) is 0 Å². The van der Waals surface area contributed by atoms with Crippen molar-refractivity contribution in [3.05, 3.63) is 67.8 Å². The molecule has 0 radical (unpaired) electrons. The summed E-state index contributed by atoms with van der Waals surface area (Å²) < 4.78 is 0.